The largest absolute Gasteiger partial charge is 0.385 e. The van der Waals surface area contributed by atoms with Crippen molar-refractivity contribution in [2.75, 3.05) is 0 Å². The molecule has 1 N–H and O–H groups in total. The van der Waals surface area contributed by atoms with E-state index in [2.05, 4.69) is 0 Å². The third-order valence-corrected chi connectivity index (χ3v) is 3.00. The van der Waals surface area contributed by atoms with E-state index >= 15 is 0 Å². The van der Waals surface area contributed by atoms with Crippen LogP contribution in [0.15, 0.2) is 42.5 Å². The Morgan fingerprint density at radius 2 is 1.58 bits per heavy atom. The summed E-state index contributed by atoms with van der Waals surface area (Å²) < 4.78 is 38.7. The molecule has 2 aromatic carbocycles. The van der Waals surface area contributed by atoms with Crippen LogP contribution in [0.4, 0.5) is 13.2 Å². The van der Waals surface area contributed by atoms with Gasteiger partial charge in [0.25, 0.3) is 0 Å². The molecule has 0 aliphatic heterocycles. The summed E-state index contributed by atoms with van der Waals surface area (Å²) >= 11 is 0. The van der Waals surface area contributed by atoms with Gasteiger partial charge in [-0.05, 0) is 42.3 Å². The molecule has 0 spiro atoms. The second-order valence-electron chi connectivity index (χ2n) is 4.71. The fourth-order valence-corrected chi connectivity index (χ4v) is 1.96. The van der Waals surface area contributed by atoms with Crippen LogP contribution in [0.2, 0.25) is 0 Å². The zero-order valence-electron chi connectivity index (χ0n) is 10.3. The molecule has 0 heterocycles. The maximum Gasteiger partial charge on any atom is 0.159 e. The minimum Gasteiger partial charge on any atom is -0.385 e. The minimum absolute atomic E-state index is 0.107. The van der Waals surface area contributed by atoms with Crippen molar-refractivity contribution in [2.24, 2.45) is 0 Å². The number of halogens is 3. The first kappa shape index (κ1) is 13.6. The smallest absolute Gasteiger partial charge is 0.159 e. The first-order chi connectivity index (χ1) is 8.88. The minimum atomic E-state index is -1.28. The van der Waals surface area contributed by atoms with Crippen molar-refractivity contribution < 1.29 is 18.3 Å². The summed E-state index contributed by atoms with van der Waals surface area (Å²) in [6.07, 6.45) is 0.107. The van der Waals surface area contributed by atoms with Gasteiger partial charge in [0, 0.05) is 6.42 Å². The van der Waals surface area contributed by atoms with Gasteiger partial charge in [0.1, 0.15) is 5.82 Å². The van der Waals surface area contributed by atoms with Gasteiger partial charge in [0.05, 0.1) is 5.60 Å². The van der Waals surface area contributed by atoms with E-state index in [1.165, 1.54) is 30.3 Å². The van der Waals surface area contributed by atoms with Crippen LogP contribution in [0.25, 0.3) is 0 Å². The molecule has 1 atom stereocenters. The summed E-state index contributed by atoms with van der Waals surface area (Å²) in [6.45, 7) is 1.54. The summed E-state index contributed by atoms with van der Waals surface area (Å²) in [7, 11) is 0. The number of hydrogen-bond acceptors (Lipinski definition) is 1. The summed E-state index contributed by atoms with van der Waals surface area (Å²) in [5.41, 5.74) is -0.301. The number of hydrogen-bond donors (Lipinski definition) is 1. The zero-order chi connectivity index (χ0) is 14.0. The van der Waals surface area contributed by atoms with Crippen LogP contribution in [0.3, 0.4) is 0 Å². The molecule has 0 aliphatic rings. The van der Waals surface area contributed by atoms with Gasteiger partial charge in [0.2, 0.25) is 0 Å². The van der Waals surface area contributed by atoms with Gasteiger partial charge in [-0.3, -0.25) is 0 Å². The first-order valence-electron chi connectivity index (χ1n) is 5.81. The Hall–Kier alpha value is -1.81. The van der Waals surface area contributed by atoms with E-state index in [0.717, 1.165) is 12.1 Å². The Bertz CT molecular complexity index is 576. The molecule has 0 saturated heterocycles. The molecule has 0 saturated carbocycles. The Morgan fingerprint density at radius 3 is 2.16 bits per heavy atom. The average molecular weight is 266 g/mol. The highest BCUT2D eigenvalue weighted by Gasteiger charge is 2.24. The molecule has 0 bridgehead atoms. The lowest BCUT2D eigenvalue weighted by Gasteiger charge is -2.24. The van der Waals surface area contributed by atoms with Crippen LogP contribution >= 0.6 is 0 Å². The maximum absolute atomic E-state index is 13.1. The van der Waals surface area contributed by atoms with Crippen molar-refractivity contribution in [1.29, 1.82) is 0 Å². The van der Waals surface area contributed by atoms with Crippen molar-refractivity contribution in [3.05, 3.63) is 71.0 Å². The van der Waals surface area contributed by atoms with Crippen LogP contribution in [0.1, 0.15) is 18.1 Å². The third kappa shape index (κ3) is 3.15. The molecule has 0 aromatic heterocycles. The van der Waals surface area contributed by atoms with Gasteiger partial charge >= 0.3 is 0 Å². The van der Waals surface area contributed by atoms with E-state index in [4.69, 9.17) is 0 Å². The van der Waals surface area contributed by atoms with Crippen molar-refractivity contribution in [1.82, 2.24) is 0 Å². The van der Waals surface area contributed by atoms with Crippen LogP contribution < -0.4 is 0 Å². The van der Waals surface area contributed by atoms with Gasteiger partial charge in [-0.25, -0.2) is 13.2 Å². The van der Waals surface area contributed by atoms with Crippen LogP contribution in [0, 0.1) is 17.5 Å². The summed E-state index contributed by atoms with van der Waals surface area (Å²) in [6, 6.07) is 8.91. The lowest BCUT2D eigenvalue weighted by molar-refractivity contribution is 0.0575. The fraction of sp³-hybridized carbons (Fsp3) is 0.200. The van der Waals surface area contributed by atoms with Gasteiger partial charge in [0.15, 0.2) is 11.6 Å². The summed E-state index contributed by atoms with van der Waals surface area (Å²) in [5, 5.41) is 10.4. The SMILES string of the molecule is CC(O)(Cc1ccc(F)c(F)c1)c1ccc(F)cc1. The second kappa shape index (κ2) is 5.05. The van der Waals surface area contributed by atoms with Crippen molar-refractivity contribution >= 4 is 0 Å². The molecular formula is C15H13F3O. The molecule has 0 aliphatic carbocycles. The summed E-state index contributed by atoms with van der Waals surface area (Å²) in [5.74, 6) is -2.27. The van der Waals surface area contributed by atoms with Crippen molar-refractivity contribution in [3.8, 4) is 0 Å². The molecule has 2 aromatic rings. The number of rotatable bonds is 3. The highest BCUT2D eigenvalue weighted by Crippen LogP contribution is 2.26. The molecule has 0 amide bonds. The predicted molar refractivity (Wildman–Crippen MR) is 66.0 cm³/mol. The first-order valence-corrected chi connectivity index (χ1v) is 5.81. The quantitative estimate of drug-likeness (QED) is 0.900. The molecule has 0 radical (unpaired) electrons. The lowest BCUT2D eigenvalue weighted by Crippen LogP contribution is -2.24. The number of benzene rings is 2. The second-order valence-corrected chi connectivity index (χ2v) is 4.71. The van der Waals surface area contributed by atoms with Crippen molar-refractivity contribution in [2.45, 2.75) is 18.9 Å². The lowest BCUT2D eigenvalue weighted by atomic mass is 9.89. The van der Waals surface area contributed by atoms with E-state index in [1.807, 2.05) is 0 Å². The zero-order valence-corrected chi connectivity index (χ0v) is 10.3. The maximum atomic E-state index is 13.1. The molecular weight excluding hydrogens is 253 g/mol. The topological polar surface area (TPSA) is 20.2 Å². The van der Waals surface area contributed by atoms with Gasteiger partial charge < -0.3 is 5.11 Å². The van der Waals surface area contributed by atoms with Gasteiger partial charge in [-0.2, -0.15) is 0 Å². The average Bonchev–Trinajstić information content (AvgIpc) is 2.34. The van der Waals surface area contributed by atoms with Crippen LogP contribution in [-0.4, -0.2) is 5.11 Å². The van der Waals surface area contributed by atoms with Gasteiger partial charge in [-0.1, -0.05) is 18.2 Å². The van der Waals surface area contributed by atoms with E-state index in [9.17, 15) is 18.3 Å². The molecule has 1 nitrogen and oxygen atoms in total. The molecule has 1 unspecified atom stereocenters. The van der Waals surface area contributed by atoms with Crippen LogP contribution in [0.5, 0.6) is 0 Å². The number of aliphatic hydroxyl groups is 1. The van der Waals surface area contributed by atoms with E-state index in [0.29, 0.717) is 11.1 Å². The van der Waals surface area contributed by atoms with E-state index < -0.39 is 23.1 Å². The Labute approximate surface area is 109 Å². The molecule has 2 rings (SSSR count). The Kier molecular flexibility index (Phi) is 3.62. The Morgan fingerprint density at radius 1 is 0.947 bits per heavy atom. The summed E-state index contributed by atoms with van der Waals surface area (Å²) in [4.78, 5) is 0. The van der Waals surface area contributed by atoms with E-state index in [-0.39, 0.29) is 6.42 Å². The standard InChI is InChI=1S/C15H13F3O/c1-15(19,11-3-5-12(16)6-4-11)9-10-2-7-13(17)14(18)8-10/h2-8,19H,9H2,1H3. The highest BCUT2D eigenvalue weighted by atomic mass is 19.2. The Balaban J connectivity index is 2.25. The third-order valence-electron chi connectivity index (χ3n) is 3.00. The van der Waals surface area contributed by atoms with Crippen molar-refractivity contribution in [3.63, 3.8) is 0 Å². The molecule has 19 heavy (non-hydrogen) atoms. The fourth-order valence-electron chi connectivity index (χ4n) is 1.96. The normalized spacial score (nSPS) is 14.2. The van der Waals surface area contributed by atoms with Gasteiger partial charge in [-0.15, -0.1) is 0 Å². The van der Waals surface area contributed by atoms with Crippen LogP contribution in [-0.2, 0) is 12.0 Å². The highest BCUT2D eigenvalue weighted by molar-refractivity contribution is 5.27. The van der Waals surface area contributed by atoms with E-state index in [1.54, 1.807) is 6.92 Å². The molecule has 100 valence electrons. The monoisotopic (exact) mass is 266 g/mol. The predicted octanol–water partition coefficient (Wildman–Crippen LogP) is 3.55. The molecule has 4 heteroatoms. The molecule has 0 fully saturated rings.